The van der Waals surface area contributed by atoms with Crippen LogP contribution in [0.2, 0.25) is 0 Å². The van der Waals surface area contributed by atoms with E-state index >= 15 is 0 Å². The van der Waals surface area contributed by atoms with Crippen LogP contribution in [-0.4, -0.2) is 0 Å². The standard InChI is InChI=1S/C13H13ClO/c14-13(11-5-2-1-3-6-11)9-8-12-7-4-10-15-12/h1-7,10,13H,8-9H2. The number of aryl methyl sites for hydroxylation is 1. The third-order valence-electron chi connectivity index (χ3n) is 2.39. The van der Waals surface area contributed by atoms with Gasteiger partial charge in [0, 0.05) is 6.42 Å². The highest BCUT2D eigenvalue weighted by Crippen LogP contribution is 2.25. The van der Waals surface area contributed by atoms with Crippen molar-refractivity contribution in [3.63, 3.8) is 0 Å². The maximum absolute atomic E-state index is 6.28. The molecular weight excluding hydrogens is 208 g/mol. The van der Waals surface area contributed by atoms with Crippen molar-refractivity contribution in [2.75, 3.05) is 0 Å². The predicted molar refractivity (Wildman–Crippen MR) is 62.1 cm³/mol. The van der Waals surface area contributed by atoms with Crippen molar-refractivity contribution in [2.24, 2.45) is 0 Å². The van der Waals surface area contributed by atoms with E-state index in [-0.39, 0.29) is 5.38 Å². The summed E-state index contributed by atoms with van der Waals surface area (Å²) in [5, 5.41) is 0.0660. The average molecular weight is 221 g/mol. The predicted octanol–water partition coefficient (Wildman–Crippen LogP) is 4.19. The Morgan fingerprint density at radius 2 is 1.87 bits per heavy atom. The molecule has 0 spiro atoms. The molecule has 1 heterocycles. The summed E-state index contributed by atoms with van der Waals surface area (Å²) in [4.78, 5) is 0. The Kier molecular flexibility index (Phi) is 3.46. The van der Waals surface area contributed by atoms with Crippen molar-refractivity contribution >= 4 is 11.6 Å². The minimum atomic E-state index is 0.0660. The van der Waals surface area contributed by atoms with Crippen molar-refractivity contribution < 1.29 is 4.42 Å². The van der Waals surface area contributed by atoms with Crippen molar-refractivity contribution in [3.8, 4) is 0 Å². The number of halogens is 1. The fourth-order valence-corrected chi connectivity index (χ4v) is 1.81. The second-order valence-corrected chi connectivity index (χ2v) is 4.02. The van der Waals surface area contributed by atoms with Crippen LogP contribution in [0.4, 0.5) is 0 Å². The lowest BCUT2D eigenvalue weighted by Gasteiger charge is -2.07. The molecule has 0 amide bonds. The van der Waals surface area contributed by atoms with Gasteiger partial charge in [0.05, 0.1) is 11.6 Å². The van der Waals surface area contributed by atoms with E-state index < -0.39 is 0 Å². The van der Waals surface area contributed by atoms with E-state index in [9.17, 15) is 0 Å². The molecule has 0 radical (unpaired) electrons. The monoisotopic (exact) mass is 220 g/mol. The molecule has 0 aliphatic carbocycles. The molecule has 2 aromatic rings. The zero-order valence-electron chi connectivity index (χ0n) is 8.40. The van der Waals surface area contributed by atoms with E-state index in [2.05, 4.69) is 12.1 Å². The first-order valence-corrected chi connectivity index (χ1v) is 5.51. The van der Waals surface area contributed by atoms with Gasteiger partial charge in [0.2, 0.25) is 0 Å². The number of hydrogen-bond acceptors (Lipinski definition) is 1. The Hall–Kier alpha value is -1.21. The van der Waals surface area contributed by atoms with Gasteiger partial charge in [0.15, 0.2) is 0 Å². The Bertz CT molecular complexity index is 380. The summed E-state index contributed by atoms with van der Waals surface area (Å²) >= 11 is 6.28. The van der Waals surface area contributed by atoms with E-state index in [0.29, 0.717) is 0 Å². The zero-order chi connectivity index (χ0) is 10.5. The Morgan fingerprint density at radius 3 is 2.53 bits per heavy atom. The van der Waals surface area contributed by atoms with E-state index in [1.54, 1.807) is 6.26 Å². The molecule has 1 atom stereocenters. The lowest BCUT2D eigenvalue weighted by atomic mass is 10.1. The van der Waals surface area contributed by atoms with Gasteiger partial charge in [-0.3, -0.25) is 0 Å². The van der Waals surface area contributed by atoms with Crippen molar-refractivity contribution in [3.05, 3.63) is 60.1 Å². The van der Waals surface area contributed by atoms with Gasteiger partial charge < -0.3 is 4.42 Å². The van der Waals surface area contributed by atoms with Crippen LogP contribution < -0.4 is 0 Å². The summed E-state index contributed by atoms with van der Waals surface area (Å²) in [6.07, 6.45) is 3.48. The van der Waals surface area contributed by atoms with Crippen LogP contribution in [0.25, 0.3) is 0 Å². The highest BCUT2D eigenvalue weighted by Gasteiger charge is 2.07. The van der Waals surface area contributed by atoms with Gasteiger partial charge in [-0.1, -0.05) is 30.3 Å². The molecule has 1 aromatic heterocycles. The molecule has 2 heteroatoms. The van der Waals surface area contributed by atoms with Gasteiger partial charge >= 0.3 is 0 Å². The highest BCUT2D eigenvalue weighted by molar-refractivity contribution is 6.20. The fourth-order valence-electron chi connectivity index (χ4n) is 1.55. The first-order valence-electron chi connectivity index (χ1n) is 5.07. The molecule has 15 heavy (non-hydrogen) atoms. The average Bonchev–Trinajstić information content (AvgIpc) is 2.80. The summed E-state index contributed by atoms with van der Waals surface area (Å²) < 4.78 is 5.26. The molecule has 1 nitrogen and oxygen atoms in total. The number of rotatable bonds is 4. The van der Waals surface area contributed by atoms with Gasteiger partial charge in [-0.25, -0.2) is 0 Å². The van der Waals surface area contributed by atoms with Crippen molar-refractivity contribution in [1.82, 2.24) is 0 Å². The summed E-state index contributed by atoms with van der Waals surface area (Å²) in [5.74, 6) is 0.997. The van der Waals surface area contributed by atoms with Crippen LogP contribution in [0.5, 0.6) is 0 Å². The summed E-state index contributed by atoms with van der Waals surface area (Å²) in [7, 11) is 0. The molecule has 2 rings (SSSR count). The number of alkyl halides is 1. The Balaban J connectivity index is 1.90. The van der Waals surface area contributed by atoms with E-state index in [1.165, 1.54) is 5.56 Å². The molecule has 0 saturated heterocycles. The molecule has 0 N–H and O–H groups in total. The number of hydrogen-bond donors (Lipinski definition) is 0. The van der Waals surface area contributed by atoms with E-state index in [1.807, 2.05) is 30.3 Å². The number of furan rings is 1. The molecule has 0 fully saturated rings. The maximum atomic E-state index is 6.28. The molecule has 0 aliphatic rings. The zero-order valence-corrected chi connectivity index (χ0v) is 9.15. The lowest BCUT2D eigenvalue weighted by Crippen LogP contribution is -1.92. The molecule has 0 aliphatic heterocycles. The first-order chi connectivity index (χ1) is 7.36. The normalized spacial score (nSPS) is 12.6. The second kappa shape index (κ2) is 5.04. The highest BCUT2D eigenvalue weighted by atomic mass is 35.5. The van der Waals surface area contributed by atoms with Crippen molar-refractivity contribution in [2.45, 2.75) is 18.2 Å². The topological polar surface area (TPSA) is 13.1 Å². The minimum Gasteiger partial charge on any atom is -0.469 e. The third-order valence-corrected chi connectivity index (χ3v) is 2.86. The van der Waals surface area contributed by atoms with Crippen molar-refractivity contribution in [1.29, 1.82) is 0 Å². The number of benzene rings is 1. The first kappa shape index (κ1) is 10.3. The smallest absolute Gasteiger partial charge is 0.103 e. The third kappa shape index (κ3) is 2.87. The van der Waals surface area contributed by atoms with Crippen LogP contribution in [-0.2, 0) is 6.42 Å². The van der Waals surface area contributed by atoms with Crippen LogP contribution in [0.15, 0.2) is 53.1 Å². The molecule has 1 aromatic carbocycles. The summed E-state index contributed by atoms with van der Waals surface area (Å²) in [6, 6.07) is 14.0. The van der Waals surface area contributed by atoms with Gasteiger partial charge in [0.25, 0.3) is 0 Å². The molecule has 0 saturated carbocycles. The Labute approximate surface area is 94.7 Å². The maximum Gasteiger partial charge on any atom is 0.103 e. The summed E-state index contributed by atoms with van der Waals surface area (Å²) in [5.41, 5.74) is 1.17. The molecule has 1 unspecified atom stereocenters. The molecule has 78 valence electrons. The van der Waals surface area contributed by atoms with Gasteiger partial charge in [0.1, 0.15) is 5.76 Å². The lowest BCUT2D eigenvalue weighted by molar-refractivity contribution is 0.500. The van der Waals surface area contributed by atoms with Crippen LogP contribution in [0.3, 0.4) is 0 Å². The van der Waals surface area contributed by atoms with E-state index in [0.717, 1.165) is 18.6 Å². The van der Waals surface area contributed by atoms with Gasteiger partial charge in [-0.2, -0.15) is 0 Å². The Morgan fingerprint density at radius 1 is 1.07 bits per heavy atom. The largest absolute Gasteiger partial charge is 0.469 e. The van der Waals surface area contributed by atoms with Crippen LogP contribution in [0.1, 0.15) is 23.1 Å². The van der Waals surface area contributed by atoms with Crippen LogP contribution >= 0.6 is 11.6 Å². The van der Waals surface area contributed by atoms with Gasteiger partial charge in [-0.15, -0.1) is 11.6 Å². The fraction of sp³-hybridized carbons (Fsp3) is 0.231. The van der Waals surface area contributed by atoms with Crippen LogP contribution in [0, 0.1) is 0 Å². The molecular formula is C13H13ClO. The minimum absolute atomic E-state index is 0.0660. The summed E-state index contributed by atoms with van der Waals surface area (Å²) in [6.45, 7) is 0. The SMILES string of the molecule is ClC(CCc1ccco1)c1ccccc1. The van der Waals surface area contributed by atoms with E-state index in [4.69, 9.17) is 16.0 Å². The quantitative estimate of drug-likeness (QED) is 0.705. The molecule has 0 bridgehead atoms. The second-order valence-electron chi connectivity index (χ2n) is 3.50. The van der Waals surface area contributed by atoms with Gasteiger partial charge in [-0.05, 0) is 24.1 Å².